The van der Waals surface area contributed by atoms with Crippen LogP contribution in [0.1, 0.15) is 16.7 Å². The van der Waals surface area contributed by atoms with Crippen LogP contribution >= 0.6 is 23.2 Å². The highest BCUT2D eigenvalue weighted by molar-refractivity contribution is 6.33. The smallest absolute Gasteiger partial charge is 0.197 e. The van der Waals surface area contributed by atoms with Crippen molar-refractivity contribution in [1.82, 2.24) is 9.97 Å². The standard InChI is InChI=1S/C13H11Cl2FN2/c1-6-4-8(3)9(5-7(6)2)13-17-11(14)10(16)12(15)18-13/h4-5H,1-3H3. The molecule has 0 aliphatic rings. The van der Waals surface area contributed by atoms with Crippen LogP contribution in [0.25, 0.3) is 11.4 Å². The Morgan fingerprint density at radius 2 is 1.39 bits per heavy atom. The van der Waals surface area contributed by atoms with Crippen LogP contribution < -0.4 is 0 Å². The molecule has 0 saturated carbocycles. The number of halogens is 3. The first-order valence-electron chi connectivity index (χ1n) is 5.37. The molecule has 5 heteroatoms. The lowest BCUT2D eigenvalue weighted by Crippen LogP contribution is -1.97. The van der Waals surface area contributed by atoms with Crippen LogP contribution in [0.3, 0.4) is 0 Å². The van der Waals surface area contributed by atoms with E-state index < -0.39 is 5.82 Å². The minimum atomic E-state index is -0.788. The molecule has 1 heterocycles. The average molecular weight is 285 g/mol. The van der Waals surface area contributed by atoms with E-state index in [1.165, 1.54) is 5.56 Å². The summed E-state index contributed by atoms with van der Waals surface area (Å²) >= 11 is 11.4. The summed E-state index contributed by atoms with van der Waals surface area (Å²) in [6, 6.07) is 3.98. The maximum absolute atomic E-state index is 13.3. The Kier molecular flexibility index (Phi) is 3.55. The summed E-state index contributed by atoms with van der Waals surface area (Å²) in [6.45, 7) is 5.96. The van der Waals surface area contributed by atoms with Crippen molar-refractivity contribution >= 4 is 23.2 Å². The summed E-state index contributed by atoms with van der Waals surface area (Å²) in [5.74, 6) is -0.449. The number of rotatable bonds is 1. The molecule has 2 rings (SSSR count). The van der Waals surface area contributed by atoms with E-state index >= 15 is 0 Å². The molecular weight excluding hydrogens is 274 g/mol. The van der Waals surface area contributed by atoms with Crippen molar-refractivity contribution in [2.75, 3.05) is 0 Å². The number of aryl methyl sites for hydroxylation is 3. The topological polar surface area (TPSA) is 25.8 Å². The number of aromatic nitrogens is 2. The normalized spacial score (nSPS) is 10.8. The van der Waals surface area contributed by atoms with Crippen LogP contribution in [0, 0.1) is 26.6 Å². The van der Waals surface area contributed by atoms with Crippen molar-refractivity contribution in [3.05, 3.63) is 44.9 Å². The molecule has 0 unspecified atom stereocenters. The summed E-state index contributed by atoms with van der Waals surface area (Å²) in [5.41, 5.74) is 4.09. The predicted molar refractivity (Wildman–Crippen MR) is 71.7 cm³/mol. The maximum atomic E-state index is 13.3. The second-order valence-corrected chi connectivity index (χ2v) is 4.91. The van der Waals surface area contributed by atoms with Crippen LogP contribution in [-0.4, -0.2) is 9.97 Å². The van der Waals surface area contributed by atoms with E-state index in [0.29, 0.717) is 5.82 Å². The van der Waals surface area contributed by atoms with Gasteiger partial charge in [0.15, 0.2) is 21.9 Å². The fourth-order valence-corrected chi connectivity index (χ4v) is 2.10. The van der Waals surface area contributed by atoms with Gasteiger partial charge < -0.3 is 0 Å². The molecule has 2 aromatic rings. The SMILES string of the molecule is Cc1cc(C)c(-c2nc(Cl)c(F)c(Cl)n2)cc1C. The molecule has 1 aromatic carbocycles. The molecule has 0 aliphatic carbocycles. The molecule has 2 nitrogen and oxygen atoms in total. The van der Waals surface area contributed by atoms with Gasteiger partial charge in [0.05, 0.1) is 0 Å². The fourth-order valence-electron chi connectivity index (χ4n) is 1.72. The van der Waals surface area contributed by atoms with E-state index in [1.807, 2.05) is 32.9 Å². The molecule has 0 spiro atoms. The monoisotopic (exact) mass is 284 g/mol. The van der Waals surface area contributed by atoms with Crippen LogP contribution in [-0.2, 0) is 0 Å². The van der Waals surface area contributed by atoms with Crippen molar-refractivity contribution in [3.63, 3.8) is 0 Å². The Hall–Kier alpha value is -1.19. The highest BCUT2D eigenvalue weighted by Gasteiger charge is 2.14. The fraction of sp³-hybridized carbons (Fsp3) is 0.231. The molecule has 0 amide bonds. The van der Waals surface area contributed by atoms with Gasteiger partial charge in [-0.15, -0.1) is 0 Å². The van der Waals surface area contributed by atoms with Gasteiger partial charge in [-0.3, -0.25) is 0 Å². The lowest BCUT2D eigenvalue weighted by atomic mass is 10.0. The molecule has 0 fully saturated rings. The highest BCUT2D eigenvalue weighted by Crippen LogP contribution is 2.27. The third kappa shape index (κ3) is 2.33. The minimum absolute atomic E-state index is 0.261. The lowest BCUT2D eigenvalue weighted by molar-refractivity contribution is 0.615. The van der Waals surface area contributed by atoms with E-state index in [0.717, 1.165) is 16.7 Å². The highest BCUT2D eigenvalue weighted by atomic mass is 35.5. The summed E-state index contributed by atoms with van der Waals surface area (Å²) in [4.78, 5) is 7.86. The number of benzene rings is 1. The first-order chi connectivity index (χ1) is 8.40. The third-order valence-electron chi connectivity index (χ3n) is 2.85. The van der Waals surface area contributed by atoms with Gasteiger partial charge in [-0.2, -0.15) is 0 Å². The Balaban J connectivity index is 2.66. The average Bonchev–Trinajstić information content (AvgIpc) is 2.30. The van der Waals surface area contributed by atoms with E-state index in [9.17, 15) is 4.39 Å². The van der Waals surface area contributed by atoms with Gasteiger partial charge in [0.1, 0.15) is 0 Å². The minimum Gasteiger partial charge on any atom is -0.213 e. The van der Waals surface area contributed by atoms with Crippen LogP contribution in [0.4, 0.5) is 4.39 Å². The second kappa shape index (κ2) is 4.82. The predicted octanol–water partition coefficient (Wildman–Crippen LogP) is 4.51. The molecule has 0 bridgehead atoms. The molecular formula is C13H11Cl2FN2. The van der Waals surface area contributed by atoms with Gasteiger partial charge in [-0.05, 0) is 43.5 Å². The van der Waals surface area contributed by atoms with Crippen molar-refractivity contribution in [2.24, 2.45) is 0 Å². The zero-order chi connectivity index (χ0) is 13.4. The largest absolute Gasteiger partial charge is 0.213 e. The molecule has 94 valence electrons. The maximum Gasteiger partial charge on any atom is 0.197 e. The van der Waals surface area contributed by atoms with Gasteiger partial charge in [0.2, 0.25) is 0 Å². The van der Waals surface area contributed by atoms with Crippen molar-refractivity contribution in [3.8, 4) is 11.4 Å². The Bertz CT molecular complexity index is 604. The second-order valence-electron chi connectivity index (χ2n) is 4.19. The summed E-state index contributed by atoms with van der Waals surface area (Å²) in [7, 11) is 0. The first-order valence-corrected chi connectivity index (χ1v) is 6.12. The van der Waals surface area contributed by atoms with Gasteiger partial charge in [0.25, 0.3) is 0 Å². The van der Waals surface area contributed by atoms with E-state index in [4.69, 9.17) is 23.2 Å². The molecule has 0 atom stereocenters. The van der Waals surface area contributed by atoms with Crippen molar-refractivity contribution < 1.29 is 4.39 Å². The summed E-state index contributed by atoms with van der Waals surface area (Å²) in [6.07, 6.45) is 0. The quantitative estimate of drug-likeness (QED) is 0.720. The van der Waals surface area contributed by atoms with E-state index in [-0.39, 0.29) is 10.3 Å². The summed E-state index contributed by atoms with van der Waals surface area (Å²) in [5, 5.41) is -0.523. The zero-order valence-corrected chi connectivity index (χ0v) is 11.7. The number of hydrogen-bond donors (Lipinski definition) is 0. The van der Waals surface area contributed by atoms with E-state index in [1.54, 1.807) is 0 Å². The molecule has 1 aromatic heterocycles. The van der Waals surface area contributed by atoms with E-state index in [2.05, 4.69) is 9.97 Å². The van der Waals surface area contributed by atoms with Gasteiger partial charge in [0, 0.05) is 5.56 Å². The molecule has 18 heavy (non-hydrogen) atoms. The zero-order valence-electron chi connectivity index (χ0n) is 10.2. The van der Waals surface area contributed by atoms with Crippen LogP contribution in [0.2, 0.25) is 10.3 Å². The number of hydrogen-bond acceptors (Lipinski definition) is 2. The van der Waals surface area contributed by atoms with Gasteiger partial charge in [-0.1, -0.05) is 29.3 Å². The number of nitrogens with zero attached hydrogens (tertiary/aromatic N) is 2. The van der Waals surface area contributed by atoms with Gasteiger partial charge in [-0.25, -0.2) is 14.4 Å². The van der Waals surface area contributed by atoms with Gasteiger partial charge >= 0.3 is 0 Å². The third-order valence-corrected chi connectivity index (χ3v) is 3.35. The van der Waals surface area contributed by atoms with Crippen LogP contribution in [0.15, 0.2) is 12.1 Å². The Morgan fingerprint density at radius 1 is 0.889 bits per heavy atom. The molecule has 0 saturated heterocycles. The first kappa shape index (κ1) is 13.2. The molecule has 0 N–H and O–H groups in total. The Labute approximate surface area is 115 Å². The van der Waals surface area contributed by atoms with Crippen LogP contribution in [0.5, 0.6) is 0 Å². The van der Waals surface area contributed by atoms with Crippen molar-refractivity contribution in [2.45, 2.75) is 20.8 Å². The molecule has 0 aliphatic heterocycles. The lowest BCUT2D eigenvalue weighted by Gasteiger charge is -2.09. The Morgan fingerprint density at radius 3 is 1.94 bits per heavy atom. The van der Waals surface area contributed by atoms with Crippen molar-refractivity contribution in [1.29, 1.82) is 0 Å². The summed E-state index contributed by atoms with van der Waals surface area (Å²) < 4.78 is 13.3. The molecule has 0 radical (unpaired) electrons.